The Labute approximate surface area is 125 Å². The molecule has 108 valence electrons. The molecule has 0 aromatic heterocycles. The van der Waals surface area contributed by atoms with E-state index in [9.17, 15) is 4.79 Å². The molecule has 2 aromatic rings. The fraction of sp³-hybridized carbons (Fsp3) is 0.278. The maximum atomic E-state index is 11.5. The van der Waals surface area contributed by atoms with Gasteiger partial charge in [-0.05, 0) is 29.2 Å². The van der Waals surface area contributed by atoms with Crippen molar-refractivity contribution in [3.63, 3.8) is 0 Å². The Morgan fingerprint density at radius 3 is 2.33 bits per heavy atom. The average molecular weight is 280 g/mol. The summed E-state index contributed by atoms with van der Waals surface area (Å²) in [5, 5.41) is 0. The Morgan fingerprint density at radius 1 is 1.05 bits per heavy atom. The Kier molecular flexibility index (Phi) is 3.52. The minimum absolute atomic E-state index is 0.121. The van der Waals surface area contributed by atoms with Gasteiger partial charge in [-0.15, -0.1) is 0 Å². The summed E-state index contributed by atoms with van der Waals surface area (Å²) in [5.74, 6) is 0.121. The highest BCUT2D eigenvalue weighted by Crippen LogP contribution is 2.28. The van der Waals surface area contributed by atoms with E-state index in [4.69, 9.17) is 5.73 Å². The number of carbonyl (C=O) groups is 1. The molecule has 0 spiro atoms. The van der Waals surface area contributed by atoms with E-state index in [-0.39, 0.29) is 11.9 Å². The van der Waals surface area contributed by atoms with Crippen LogP contribution in [-0.2, 0) is 17.9 Å². The predicted octanol–water partition coefficient (Wildman–Crippen LogP) is 2.91. The van der Waals surface area contributed by atoms with Crippen molar-refractivity contribution in [3.8, 4) is 0 Å². The minimum atomic E-state index is -0.123. The van der Waals surface area contributed by atoms with Gasteiger partial charge in [-0.1, -0.05) is 48.0 Å². The largest absolute Gasteiger partial charge is 0.334 e. The normalized spacial score (nSPS) is 14.9. The fourth-order valence-corrected chi connectivity index (χ4v) is 2.80. The van der Waals surface area contributed by atoms with Crippen molar-refractivity contribution < 1.29 is 4.79 Å². The number of aryl methyl sites for hydroxylation is 1. The first-order chi connectivity index (χ1) is 10.0. The van der Waals surface area contributed by atoms with Crippen LogP contribution >= 0.6 is 0 Å². The third kappa shape index (κ3) is 2.69. The molecule has 3 rings (SSSR count). The van der Waals surface area contributed by atoms with Gasteiger partial charge >= 0.3 is 0 Å². The van der Waals surface area contributed by atoms with E-state index < -0.39 is 0 Å². The topological polar surface area (TPSA) is 46.3 Å². The van der Waals surface area contributed by atoms with Crippen molar-refractivity contribution in [2.24, 2.45) is 5.73 Å². The van der Waals surface area contributed by atoms with E-state index in [1.807, 2.05) is 4.90 Å². The van der Waals surface area contributed by atoms with Crippen LogP contribution < -0.4 is 5.73 Å². The van der Waals surface area contributed by atoms with Crippen molar-refractivity contribution in [1.82, 2.24) is 4.90 Å². The van der Waals surface area contributed by atoms with E-state index >= 15 is 0 Å². The number of nitrogens with two attached hydrogens (primary N) is 1. The molecule has 2 aromatic carbocycles. The smallest absolute Gasteiger partial charge is 0.220 e. The molecule has 3 heteroatoms. The van der Waals surface area contributed by atoms with Crippen molar-refractivity contribution in [1.29, 1.82) is 0 Å². The lowest BCUT2D eigenvalue weighted by atomic mass is 9.96. The van der Waals surface area contributed by atoms with E-state index in [1.54, 1.807) is 6.92 Å². The molecular weight excluding hydrogens is 260 g/mol. The van der Waals surface area contributed by atoms with Crippen LogP contribution in [0.15, 0.2) is 42.5 Å². The summed E-state index contributed by atoms with van der Waals surface area (Å²) >= 11 is 0. The maximum absolute atomic E-state index is 11.5. The summed E-state index contributed by atoms with van der Waals surface area (Å²) in [5.41, 5.74) is 12.3. The zero-order chi connectivity index (χ0) is 15.0. The Hall–Kier alpha value is -2.13. The summed E-state index contributed by atoms with van der Waals surface area (Å²) in [6.45, 7) is 5.09. The number of hydrogen-bond donors (Lipinski definition) is 1. The second-order valence-electron chi connectivity index (χ2n) is 5.79. The van der Waals surface area contributed by atoms with Crippen LogP contribution in [0.4, 0.5) is 0 Å². The molecule has 0 saturated carbocycles. The van der Waals surface area contributed by atoms with Crippen LogP contribution in [0.1, 0.15) is 40.8 Å². The van der Waals surface area contributed by atoms with Crippen molar-refractivity contribution >= 4 is 5.91 Å². The van der Waals surface area contributed by atoms with Gasteiger partial charge in [0.05, 0.1) is 6.04 Å². The molecule has 0 fully saturated rings. The lowest BCUT2D eigenvalue weighted by molar-refractivity contribution is -0.129. The molecular formula is C18H20N2O. The second kappa shape index (κ2) is 5.34. The summed E-state index contributed by atoms with van der Waals surface area (Å²) in [6, 6.07) is 14.5. The zero-order valence-corrected chi connectivity index (χ0v) is 12.5. The van der Waals surface area contributed by atoms with Crippen LogP contribution in [0.25, 0.3) is 0 Å². The average Bonchev–Trinajstić information content (AvgIpc) is 2.90. The molecule has 1 atom stereocenters. The SMILES string of the molecule is CC(=O)N1Cc2ccc(C(N)c3ccc(C)cc3)cc2C1. The first-order valence-corrected chi connectivity index (χ1v) is 7.24. The summed E-state index contributed by atoms with van der Waals surface area (Å²) in [7, 11) is 0. The van der Waals surface area contributed by atoms with E-state index in [0.717, 1.165) is 11.1 Å². The zero-order valence-electron chi connectivity index (χ0n) is 12.5. The van der Waals surface area contributed by atoms with Crippen LogP contribution in [0.2, 0.25) is 0 Å². The predicted molar refractivity (Wildman–Crippen MR) is 83.6 cm³/mol. The number of benzene rings is 2. The van der Waals surface area contributed by atoms with E-state index in [1.165, 1.54) is 16.7 Å². The molecule has 1 aliphatic rings. The van der Waals surface area contributed by atoms with Gasteiger partial charge < -0.3 is 10.6 Å². The quantitative estimate of drug-likeness (QED) is 0.919. The monoisotopic (exact) mass is 280 g/mol. The Balaban J connectivity index is 1.86. The first-order valence-electron chi connectivity index (χ1n) is 7.24. The number of fused-ring (bicyclic) bond motifs is 1. The van der Waals surface area contributed by atoms with Crippen LogP contribution in [0, 0.1) is 6.92 Å². The van der Waals surface area contributed by atoms with Gasteiger partial charge in [-0.2, -0.15) is 0 Å². The molecule has 1 aliphatic heterocycles. The Morgan fingerprint density at radius 2 is 1.67 bits per heavy atom. The van der Waals surface area contributed by atoms with Crippen molar-refractivity contribution in [2.45, 2.75) is 33.0 Å². The number of hydrogen-bond acceptors (Lipinski definition) is 2. The first kappa shape index (κ1) is 13.8. The molecule has 0 saturated heterocycles. The van der Waals surface area contributed by atoms with E-state index in [2.05, 4.69) is 49.4 Å². The number of carbonyl (C=O) groups excluding carboxylic acids is 1. The standard InChI is InChI=1S/C18H20N2O/c1-12-3-5-14(6-4-12)18(19)15-7-8-16-10-20(13(2)21)11-17(16)9-15/h3-9,18H,10-11,19H2,1-2H3. The highest BCUT2D eigenvalue weighted by atomic mass is 16.2. The molecule has 3 nitrogen and oxygen atoms in total. The molecule has 1 amide bonds. The molecule has 0 aliphatic carbocycles. The third-order valence-corrected chi connectivity index (χ3v) is 4.19. The van der Waals surface area contributed by atoms with Crippen LogP contribution in [0.3, 0.4) is 0 Å². The molecule has 1 unspecified atom stereocenters. The van der Waals surface area contributed by atoms with Gasteiger partial charge in [0.25, 0.3) is 0 Å². The lowest BCUT2D eigenvalue weighted by Gasteiger charge is -2.14. The second-order valence-corrected chi connectivity index (χ2v) is 5.79. The fourth-order valence-electron chi connectivity index (χ4n) is 2.80. The lowest BCUT2D eigenvalue weighted by Crippen LogP contribution is -2.21. The Bertz CT molecular complexity index is 676. The summed E-state index contributed by atoms with van der Waals surface area (Å²) in [4.78, 5) is 13.3. The highest BCUT2D eigenvalue weighted by Gasteiger charge is 2.22. The number of nitrogens with zero attached hydrogens (tertiary/aromatic N) is 1. The van der Waals surface area contributed by atoms with Gasteiger partial charge in [-0.3, -0.25) is 4.79 Å². The van der Waals surface area contributed by atoms with Gasteiger partial charge in [-0.25, -0.2) is 0 Å². The number of rotatable bonds is 2. The van der Waals surface area contributed by atoms with E-state index in [0.29, 0.717) is 13.1 Å². The minimum Gasteiger partial charge on any atom is -0.334 e. The van der Waals surface area contributed by atoms with Crippen LogP contribution in [-0.4, -0.2) is 10.8 Å². The van der Waals surface area contributed by atoms with Crippen LogP contribution in [0.5, 0.6) is 0 Å². The molecule has 2 N–H and O–H groups in total. The molecule has 0 radical (unpaired) electrons. The molecule has 0 bridgehead atoms. The van der Waals surface area contributed by atoms with Gasteiger partial charge in [0.1, 0.15) is 0 Å². The van der Waals surface area contributed by atoms with Gasteiger partial charge in [0.2, 0.25) is 5.91 Å². The molecule has 1 heterocycles. The van der Waals surface area contributed by atoms with Gasteiger partial charge in [0.15, 0.2) is 0 Å². The van der Waals surface area contributed by atoms with Crippen molar-refractivity contribution in [3.05, 3.63) is 70.3 Å². The third-order valence-electron chi connectivity index (χ3n) is 4.19. The van der Waals surface area contributed by atoms with Gasteiger partial charge in [0, 0.05) is 20.0 Å². The number of amides is 1. The summed E-state index contributed by atoms with van der Waals surface area (Å²) < 4.78 is 0. The maximum Gasteiger partial charge on any atom is 0.220 e. The summed E-state index contributed by atoms with van der Waals surface area (Å²) in [6.07, 6.45) is 0. The molecule has 21 heavy (non-hydrogen) atoms. The van der Waals surface area contributed by atoms with Crippen molar-refractivity contribution in [2.75, 3.05) is 0 Å². The highest BCUT2D eigenvalue weighted by molar-refractivity contribution is 5.74.